The van der Waals surface area contributed by atoms with Crippen molar-refractivity contribution in [3.63, 3.8) is 0 Å². The van der Waals surface area contributed by atoms with Gasteiger partial charge in [-0.05, 0) is 12.8 Å². The van der Waals surface area contributed by atoms with Gasteiger partial charge in [-0.3, -0.25) is 4.79 Å². The van der Waals surface area contributed by atoms with Gasteiger partial charge in [0, 0.05) is 13.5 Å². The third kappa shape index (κ3) is 2.48. The number of rotatable bonds is 1. The van der Waals surface area contributed by atoms with E-state index in [9.17, 15) is 4.79 Å². The third-order valence-electron chi connectivity index (χ3n) is 1.63. The van der Waals surface area contributed by atoms with Gasteiger partial charge in [-0.1, -0.05) is 0 Å². The van der Waals surface area contributed by atoms with Crippen molar-refractivity contribution in [2.45, 2.75) is 32.1 Å². The fraction of sp³-hybridized carbons (Fsp3) is 0.857. The third-order valence-corrected chi connectivity index (χ3v) is 1.63. The van der Waals surface area contributed by atoms with Crippen LogP contribution in [0.2, 0.25) is 0 Å². The molecule has 0 bridgehead atoms. The van der Waals surface area contributed by atoms with E-state index in [2.05, 4.69) is 0 Å². The lowest BCUT2D eigenvalue weighted by atomic mass is 10.1. The van der Waals surface area contributed by atoms with Crippen LogP contribution in [-0.4, -0.2) is 24.9 Å². The number of esters is 1. The molecule has 0 aromatic carbocycles. The van der Waals surface area contributed by atoms with Crippen LogP contribution in [0.1, 0.15) is 19.8 Å². The second kappa shape index (κ2) is 3.69. The summed E-state index contributed by atoms with van der Waals surface area (Å²) in [5, 5.41) is 0. The van der Waals surface area contributed by atoms with E-state index in [4.69, 9.17) is 15.2 Å². The first kappa shape index (κ1) is 8.49. The smallest absolute Gasteiger partial charge is 0.303 e. The average Bonchev–Trinajstić information content (AvgIpc) is 1.93. The number of nitrogens with two attached hydrogens (primary N) is 1. The number of carbonyl (C=O) groups is 1. The molecule has 2 N–H and O–H groups in total. The van der Waals surface area contributed by atoms with E-state index in [0.29, 0.717) is 6.61 Å². The van der Waals surface area contributed by atoms with Gasteiger partial charge in [-0.25, -0.2) is 0 Å². The zero-order valence-corrected chi connectivity index (χ0v) is 6.58. The van der Waals surface area contributed by atoms with Crippen molar-refractivity contribution in [3.8, 4) is 0 Å². The molecule has 0 spiro atoms. The van der Waals surface area contributed by atoms with E-state index in [1.54, 1.807) is 0 Å². The van der Waals surface area contributed by atoms with Gasteiger partial charge in [0.1, 0.15) is 12.3 Å². The molecule has 4 nitrogen and oxygen atoms in total. The van der Waals surface area contributed by atoms with Crippen LogP contribution < -0.4 is 5.73 Å². The van der Waals surface area contributed by atoms with Crippen LogP contribution in [-0.2, 0) is 14.3 Å². The highest BCUT2D eigenvalue weighted by Crippen LogP contribution is 2.13. The Morgan fingerprint density at radius 3 is 3.00 bits per heavy atom. The van der Waals surface area contributed by atoms with E-state index in [1.807, 2.05) is 0 Å². The first-order chi connectivity index (χ1) is 5.20. The van der Waals surface area contributed by atoms with Crippen LogP contribution in [0.25, 0.3) is 0 Å². The Morgan fingerprint density at radius 1 is 1.73 bits per heavy atom. The van der Waals surface area contributed by atoms with Crippen LogP contribution in [0.4, 0.5) is 0 Å². The average molecular weight is 159 g/mol. The molecule has 0 radical (unpaired) electrons. The SMILES string of the molecule is CC(=O)OC1CCCOC1N. The van der Waals surface area contributed by atoms with Crippen molar-refractivity contribution in [1.82, 2.24) is 0 Å². The topological polar surface area (TPSA) is 61.5 Å². The summed E-state index contributed by atoms with van der Waals surface area (Å²) >= 11 is 0. The summed E-state index contributed by atoms with van der Waals surface area (Å²) in [4.78, 5) is 10.5. The summed E-state index contributed by atoms with van der Waals surface area (Å²) in [7, 11) is 0. The Morgan fingerprint density at radius 2 is 2.45 bits per heavy atom. The van der Waals surface area contributed by atoms with E-state index in [-0.39, 0.29) is 12.1 Å². The van der Waals surface area contributed by atoms with Crippen molar-refractivity contribution < 1.29 is 14.3 Å². The molecule has 0 saturated carbocycles. The highest BCUT2D eigenvalue weighted by atomic mass is 16.6. The summed E-state index contributed by atoms with van der Waals surface area (Å²) in [6.07, 6.45) is 1.03. The van der Waals surface area contributed by atoms with Gasteiger partial charge >= 0.3 is 5.97 Å². The molecule has 0 amide bonds. The first-order valence-electron chi connectivity index (χ1n) is 3.74. The van der Waals surface area contributed by atoms with Crippen molar-refractivity contribution in [3.05, 3.63) is 0 Å². The molecule has 1 rings (SSSR count). The highest BCUT2D eigenvalue weighted by Gasteiger charge is 2.24. The molecule has 0 aliphatic carbocycles. The maximum Gasteiger partial charge on any atom is 0.303 e. The maximum atomic E-state index is 10.5. The Labute approximate surface area is 65.7 Å². The molecule has 1 saturated heterocycles. The van der Waals surface area contributed by atoms with Crippen LogP contribution >= 0.6 is 0 Å². The molecule has 1 heterocycles. The molecule has 4 heteroatoms. The normalized spacial score (nSPS) is 31.5. The molecule has 2 unspecified atom stereocenters. The predicted molar refractivity (Wildman–Crippen MR) is 38.7 cm³/mol. The lowest BCUT2D eigenvalue weighted by Gasteiger charge is -2.27. The Bertz CT molecular complexity index is 149. The second-order valence-electron chi connectivity index (χ2n) is 2.63. The highest BCUT2D eigenvalue weighted by molar-refractivity contribution is 5.66. The fourth-order valence-electron chi connectivity index (χ4n) is 1.11. The number of hydrogen-bond donors (Lipinski definition) is 1. The summed E-state index contributed by atoms with van der Waals surface area (Å²) in [6, 6.07) is 0. The number of carbonyl (C=O) groups excluding carboxylic acids is 1. The fourth-order valence-corrected chi connectivity index (χ4v) is 1.11. The van der Waals surface area contributed by atoms with Gasteiger partial charge in [0.25, 0.3) is 0 Å². The quantitative estimate of drug-likeness (QED) is 0.547. The molecule has 64 valence electrons. The molecule has 1 fully saturated rings. The lowest BCUT2D eigenvalue weighted by Crippen LogP contribution is -2.43. The monoisotopic (exact) mass is 159 g/mol. The van der Waals surface area contributed by atoms with Crippen molar-refractivity contribution in [2.24, 2.45) is 5.73 Å². The van der Waals surface area contributed by atoms with Gasteiger partial charge in [-0.2, -0.15) is 0 Å². The predicted octanol–water partition coefficient (Wildman–Crippen LogP) is 0.0133. The zero-order chi connectivity index (χ0) is 8.27. The summed E-state index contributed by atoms with van der Waals surface area (Å²) in [5.41, 5.74) is 5.53. The van der Waals surface area contributed by atoms with Crippen molar-refractivity contribution in [2.75, 3.05) is 6.61 Å². The van der Waals surface area contributed by atoms with Crippen LogP contribution in [0, 0.1) is 0 Å². The lowest BCUT2D eigenvalue weighted by molar-refractivity contribution is -0.160. The molecular weight excluding hydrogens is 146 g/mol. The minimum absolute atomic E-state index is 0.249. The minimum atomic E-state index is -0.437. The molecule has 1 aliphatic heterocycles. The van der Waals surface area contributed by atoms with Gasteiger partial charge in [0.15, 0.2) is 0 Å². The van der Waals surface area contributed by atoms with Gasteiger partial charge < -0.3 is 15.2 Å². The molecule has 2 atom stereocenters. The maximum absolute atomic E-state index is 10.5. The first-order valence-corrected chi connectivity index (χ1v) is 3.74. The zero-order valence-electron chi connectivity index (χ0n) is 6.58. The van der Waals surface area contributed by atoms with Crippen LogP contribution in [0.3, 0.4) is 0 Å². The van der Waals surface area contributed by atoms with Crippen LogP contribution in [0.5, 0.6) is 0 Å². The molecular formula is C7H13NO3. The van der Waals surface area contributed by atoms with E-state index < -0.39 is 6.23 Å². The Balaban J connectivity index is 2.35. The molecule has 11 heavy (non-hydrogen) atoms. The standard InChI is InChI=1S/C7H13NO3/c1-5(9)11-6-3-2-4-10-7(6)8/h6-7H,2-4,8H2,1H3. The van der Waals surface area contributed by atoms with E-state index in [1.165, 1.54) is 6.92 Å². The minimum Gasteiger partial charge on any atom is -0.458 e. The molecule has 1 aliphatic rings. The summed E-state index contributed by atoms with van der Waals surface area (Å²) in [5.74, 6) is -0.295. The second-order valence-corrected chi connectivity index (χ2v) is 2.63. The van der Waals surface area contributed by atoms with Crippen molar-refractivity contribution in [1.29, 1.82) is 0 Å². The number of ether oxygens (including phenoxy) is 2. The Hall–Kier alpha value is -0.610. The van der Waals surface area contributed by atoms with E-state index in [0.717, 1.165) is 12.8 Å². The largest absolute Gasteiger partial charge is 0.458 e. The van der Waals surface area contributed by atoms with Gasteiger partial charge in [-0.15, -0.1) is 0 Å². The summed E-state index contributed by atoms with van der Waals surface area (Å²) in [6.45, 7) is 2.04. The van der Waals surface area contributed by atoms with E-state index >= 15 is 0 Å². The summed E-state index contributed by atoms with van der Waals surface area (Å²) < 4.78 is 10.0. The molecule has 0 aromatic rings. The van der Waals surface area contributed by atoms with Crippen LogP contribution in [0.15, 0.2) is 0 Å². The van der Waals surface area contributed by atoms with Crippen molar-refractivity contribution >= 4 is 5.97 Å². The molecule has 0 aromatic heterocycles. The van der Waals surface area contributed by atoms with Gasteiger partial charge in [0.2, 0.25) is 0 Å². The Kier molecular flexibility index (Phi) is 2.84. The van der Waals surface area contributed by atoms with Gasteiger partial charge in [0.05, 0.1) is 0 Å². The number of hydrogen-bond acceptors (Lipinski definition) is 4.